The zero-order chi connectivity index (χ0) is 17.2. The van der Waals surface area contributed by atoms with Crippen LogP contribution in [0.3, 0.4) is 0 Å². The average Bonchev–Trinajstić information content (AvgIpc) is 3.02. The fraction of sp³-hybridized carbons (Fsp3) is 0.688. The number of rotatable bonds is 9. The number of nitrogens with one attached hydrogen (secondary N) is 1. The Morgan fingerprint density at radius 2 is 1.92 bits per heavy atom. The van der Waals surface area contributed by atoms with E-state index in [2.05, 4.69) is 10.4 Å². The SMILES string of the molecule is Cl.NCCCCCCC(=O)Nc1cnn(CC(=O)N2CCOCC2)c1. The van der Waals surface area contributed by atoms with Crippen molar-refractivity contribution >= 4 is 29.9 Å². The molecule has 1 aliphatic rings. The third kappa shape index (κ3) is 7.85. The number of hydrogen-bond acceptors (Lipinski definition) is 5. The molecule has 9 heteroatoms. The summed E-state index contributed by atoms with van der Waals surface area (Å²) in [7, 11) is 0. The summed E-state index contributed by atoms with van der Waals surface area (Å²) in [5.74, 6) is -0.0130. The molecule has 2 heterocycles. The second-order valence-electron chi connectivity index (χ2n) is 5.92. The summed E-state index contributed by atoms with van der Waals surface area (Å²) < 4.78 is 6.78. The van der Waals surface area contributed by atoms with Crippen molar-refractivity contribution in [2.75, 3.05) is 38.2 Å². The molecule has 8 nitrogen and oxygen atoms in total. The summed E-state index contributed by atoms with van der Waals surface area (Å²) in [6, 6.07) is 0. The highest BCUT2D eigenvalue weighted by atomic mass is 35.5. The zero-order valence-electron chi connectivity index (χ0n) is 14.5. The fourth-order valence-electron chi connectivity index (χ4n) is 2.57. The van der Waals surface area contributed by atoms with Crippen molar-refractivity contribution in [1.29, 1.82) is 0 Å². The molecule has 0 radical (unpaired) electrons. The number of anilines is 1. The number of nitrogens with zero attached hydrogens (tertiary/aromatic N) is 3. The molecule has 2 rings (SSSR count). The standard InChI is InChI=1S/C16H27N5O3.ClH/c17-6-4-2-1-3-5-15(22)19-14-11-18-21(12-14)13-16(23)20-7-9-24-10-8-20;/h11-12H,1-10,13,17H2,(H,19,22);1H. The monoisotopic (exact) mass is 373 g/mol. The lowest BCUT2D eigenvalue weighted by Crippen LogP contribution is -2.42. The van der Waals surface area contributed by atoms with Gasteiger partial charge in [-0.05, 0) is 19.4 Å². The van der Waals surface area contributed by atoms with Crippen LogP contribution in [0, 0.1) is 0 Å². The van der Waals surface area contributed by atoms with Crippen LogP contribution in [-0.4, -0.2) is 59.3 Å². The van der Waals surface area contributed by atoms with Crippen LogP contribution in [0.25, 0.3) is 0 Å². The van der Waals surface area contributed by atoms with Crippen LogP contribution in [0.5, 0.6) is 0 Å². The molecular weight excluding hydrogens is 346 g/mol. The Balaban J connectivity index is 0.00000312. The van der Waals surface area contributed by atoms with Gasteiger partial charge >= 0.3 is 0 Å². The lowest BCUT2D eigenvalue weighted by Gasteiger charge is -2.26. The number of halogens is 1. The van der Waals surface area contributed by atoms with E-state index < -0.39 is 0 Å². The van der Waals surface area contributed by atoms with Crippen LogP contribution in [0.15, 0.2) is 12.4 Å². The van der Waals surface area contributed by atoms with E-state index in [1.165, 1.54) is 0 Å². The minimum Gasteiger partial charge on any atom is -0.378 e. The molecule has 142 valence electrons. The first-order valence-electron chi connectivity index (χ1n) is 8.57. The smallest absolute Gasteiger partial charge is 0.244 e. The Kier molecular flexibility index (Phi) is 10.1. The van der Waals surface area contributed by atoms with E-state index in [0.717, 1.165) is 25.7 Å². The maximum absolute atomic E-state index is 12.1. The molecule has 0 aliphatic carbocycles. The van der Waals surface area contributed by atoms with Gasteiger partial charge in [-0.25, -0.2) is 0 Å². The van der Waals surface area contributed by atoms with E-state index >= 15 is 0 Å². The Bertz CT molecular complexity index is 532. The molecule has 0 bridgehead atoms. The van der Waals surface area contributed by atoms with Crippen molar-refractivity contribution in [3.05, 3.63) is 12.4 Å². The molecule has 0 unspecified atom stereocenters. The highest BCUT2D eigenvalue weighted by molar-refractivity contribution is 5.90. The number of nitrogens with two attached hydrogens (primary N) is 1. The molecule has 0 spiro atoms. The number of amides is 2. The van der Waals surface area contributed by atoms with Gasteiger partial charge in [-0.2, -0.15) is 5.10 Å². The van der Waals surface area contributed by atoms with Crippen LogP contribution < -0.4 is 11.1 Å². The van der Waals surface area contributed by atoms with Gasteiger partial charge in [-0.15, -0.1) is 12.4 Å². The van der Waals surface area contributed by atoms with Gasteiger partial charge in [0.1, 0.15) is 6.54 Å². The largest absolute Gasteiger partial charge is 0.378 e. The number of unbranched alkanes of at least 4 members (excludes halogenated alkanes) is 3. The Morgan fingerprint density at radius 1 is 1.20 bits per heavy atom. The minimum absolute atomic E-state index is 0. The van der Waals surface area contributed by atoms with Crippen LogP contribution in [0.4, 0.5) is 5.69 Å². The summed E-state index contributed by atoms with van der Waals surface area (Å²) in [5.41, 5.74) is 6.06. The molecule has 0 aromatic carbocycles. The first-order valence-corrected chi connectivity index (χ1v) is 8.57. The van der Waals surface area contributed by atoms with Gasteiger partial charge in [0.2, 0.25) is 11.8 Å². The summed E-state index contributed by atoms with van der Waals surface area (Å²) in [4.78, 5) is 25.8. The van der Waals surface area contributed by atoms with Gasteiger partial charge in [0.25, 0.3) is 0 Å². The Hall–Kier alpha value is -1.64. The van der Waals surface area contributed by atoms with E-state index in [4.69, 9.17) is 10.5 Å². The molecule has 1 saturated heterocycles. The zero-order valence-corrected chi connectivity index (χ0v) is 15.3. The molecule has 1 aliphatic heterocycles. The van der Waals surface area contributed by atoms with E-state index in [1.807, 2.05) is 0 Å². The number of aromatic nitrogens is 2. The van der Waals surface area contributed by atoms with Crippen molar-refractivity contribution in [2.45, 2.75) is 38.6 Å². The van der Waals surface area contributed by atoms with Crippen molar-refractivity contribution < 1.29 is 14.3 Å². The maximum Gasteiger partial charge on any atom is 0.244 e. The first-order chi connectivity index (χ1) is 11.7. The third-order valence-corrected chi connectivity index (χ3v) is 3.94. The van der Waals surface area contributed by atoms with Gasteiger partial charge in [-0.1, -0.05) is 12.8 Å². The van der Waals surface area contributed by atoms with Crippen LogP contribution in [0.1, 0.15) is 32.1 Å². The van der Waals surface area contributed by atoms with E-state index in [1.54, 1.807) is 22.0 Å². The van der Waals surface area contributed by atoms with Crippen molar-refractivity contribution in [3.8, 4) is 0 Å². The first kappa shape index (κ1) is 21.4. The molecule has 2 amide bonds. The molecule has 0 saturated carbocycles. The van der Waals surface area contributed by atoms with Gasteiger partial charge in [-0.3, -0.25) is 14.3 Å². The predicted octanol–water partition coefficient (Wildman–Crippen LogP) is 1.01. The minimum atomic E-state index is -0.0261. The van der Waals surface area contributed by atoms with Gasteiger partial charge < -0.3 is 20.7 Å². The molecule has 25 heavy (non-hydrogen) atoms. The third-order valence-electron chi connectivity index (χ3n) is 3.94. The highest BCUT2D eigenvalue weighted by Gasteiger charge is 2.17. The predicted molar refractivity (Wildman–Crippen MR) is 97.6 cm³/mol. The number of morpholine rings is 1. The number of carbonyl (C=O) groups is 2. The number of hydrogen-bond donors (Lipinski definition) is 2. The summed E-state index contributed by atoms with van der Waals surface area (Å²) in [6.45, 7) is 3.28. The van der Waals surface area contributed by atoms with E-state index in [9.17, 15) is 9.59 Å². The van der Waals surface area contributed by atoms with Crippen LogP contribution >= 0.6 is 12.4 Å². The fourth-order valence-corrected chi connectivity index (χ4v) is 2.57. The molecule has 0 atom stereocenters. The van der Waals surface area contributed by atoms with E-state index in [-0.39, 0.29) is 30.8 Å². The lowest BCUT2D eigenvalue weighted by atomic mass is 10.1. The molecule has 1 aromatic rings. The second kappa shape index (κ2) is 11.8. The van der Waals surface area contributed by atoms with Gasteiger partial charge in [0.05, 0.1) is 25.1 Å². The highest BCUT2D eigenvalue weighted by Crippen LogP contribution is 2.09. The van der Waals surface area contributed by atoms with Crippen molar-refractivity contribution in [1.82, 2.24) is 14.7 Å². The molecule has 1 fully saturated rings. The van der Waals surface area contributed by atoms with Gasteiger partial charge in [0.15, 0.2) is 0 Å². The molecule has 1 aromatic heterocycles. The number of ether oxygens (including phenoxy) is 1. The summed E-state index contributed by atoms with van der Waals surface area (Å²) >= 11 is 0. The maximum atomic E-state index is 12.1. The summed E-state index contributed by atoms with van der Waals surface area (Å²) in [5, 5.41) is 6.95. The Morgan fingerprint density at radius 3 is 2.64 bits per heavy atom. The quantitative estimate of drug-likeness (QED) is 0.629. The van der Waals surface area contributed by atoms with Crippen molar-refractivity contribution in [3.63, 3.8) is 0 Å². The van der Waals surface area contributed by atoms with Crippen LogP contribution in [0.2, 0.25) is 0 Å². The van der Waals surface area contributed by atoms with Crippen molar-refractivity contribution in [2.24, 2.45) is 5.73 Å². The lowest BCUT2D eigenvalue weighted by molar-refractivity contribution is -0.136. The Labute approximate surface area is 154 Å². The topological polar surface area (TPSA) is 102 Å². The van der Waals surface area contributed by atoms with Crippen LogP contribution in [-0.2, 0) is 20.9 Å². The molecular formula is C16H28ClN5O3. The molecule has 3 N–H and O–H groups in total. The van der Waals surface area contributed by atoms with Gasteiger partial charge in [0, 0.05) is 25.7 Å². The normalized spacial score (nSPS) is 14.0. The van der Waals surface area contributed by atoms with E-state index in [0.29, 0.717) is 45.0 Å². The number of carbonyl (C=O) groups excluding carboxylic acids is 2. The second-order valence-corrected chi connectivity index (χ2v) is 5.92. The summed E-state index contributed by atoms with van der Waals surface area (Å²) in [6.07, 6.45) is 7.68. The average molecular weight is 374 g/mol.